The van der Waals surface area contributed by atoms with Crippen molar-refractivity contribution in [2.24, 2.45) is 0 Å². The van der Waals surface area contributed by atoms with Gasteiger partial charge in [-0.15, -0.1) is 0 Å². The second-order valence-electron chi connectivity index (χ2n) is 10.1. The SMILES string of the molecule is Nc1c(-c2nc3ccc(NC(=O)NCCC(O)CC(O)CC(=O)N4CCOCC4)cc3[nH]2)c(=O)[nH]c2cccc(F)c12. The van der Waals surface area contributed by atoms with E-state index in [1.165, 1.54) is 12.1 Å². The first-order valence-corrected chi connectivity index (χ1v) is 13.6. The third-order valence-electron chi connectivity index (χ3n) is 7.09. The Balaban J connectivity index is 1.15. The number of urea groups is 1. The molecule has 1 fully saturated rings. The highest BCUT2D eigenvalue weighted by Gasteiger charge is 2.22. The minimum Gasteiger partial charge on any atom is -0.397 e. The van der Waals surface area contributed by atoms with Crippen molar-refractivity contribution in [3.63, 3.8) is 0 Å². The first-order chi connectivity index (χ1) is 20.2. The summed E-state index contributed by atoms with van der Waals surface area (Å²) in [5.74, 6) is -0.602. The lowest BCUT2D eigenvalue weighted by molar-refractivity contribution is -0.137. The van der Waals surface area contributed by atoms with Crippen molar-refractivity contribution in [1.29, 1.82) is 0 Å². The summed E-state index contributed by atoms with van der Waals surface area (Å²) in [5, 5.41) is 25.8. The number of ether oxygens (including phenoxy) is 1. The van der Waals surface area contributed by atoms with E-state index in [2.05, 4.69) is 25.6 Å². The first-order valence-electron chi connectivity index (χ1n) is 13.6. The van der Waals surface area contributed by atoms with E-state index in [0.717, 1.165) is 0 Å². The van der Waals surface area contributed by atoms with Gasteiger partial charge in [0.05, 0.1) is 59.5 Å². The van der Waals surface area contributed by atoms with Gasteiger partial charge in [0.25, 0.3) is 5.56 Å². The number of carbonyl (C=O) groups is 2. The molecular weight excluding hydrogens is 549 g/mol. The molecule has 13 nitrogen and oxygen atoms in total. The van der Waals surface area contributed by atoms with Crippen molar-refractivity contribution in [3.8, 4) is 11.4 Å². The molecule has 1 saturated heterocycles. The molecule has 2 aromatic carbocycles. The zero-order valence-electron chi connectivity index (χ0n) is 22.7. The Hall–Kier alpha value is -4.53. The second-order valence-corrected chi connectivity index (χ2v) is 10.1. The predicted molar refractivity (Wildman–Crippen MR) is 154 cm³/mol. The van der Waals surface area contributed by atoms with Crippen LogP contribution in [0, 0.1) is 5.82 Å². The first kappa shape index (κ1) is 29.0. The van der Waals surface area contributed by atoms with E-state index in [-0.39, 0.29) is 59.7 Å². The molecule has 0 aliphatic carbocycles. The van der Waals surface area contributed by atoms with E-state index >= 15 is 0 Å². The Labute approximate surface area is 238 Å². The van der Waals surface area contributed by atoms with Crippen molar-refractivity contribution in [1.82, 2.24) is 25.2 Å². The van der Waals surface area contributed by atoms with Gasteiger partial charge in [-0.25, -0.2) is 14.2 Å². The number of nitrogens with zero attached hydrogens (tertiary/aromatic N) is 2. The summed E-state index contributed by atoms with van der Waals surface area (Å²) >= 11 is 0. The number of hydrogen-bond acceptors (Lipinski definition) is 8. The molecule has 0 saturated carbocycles. The molecular formula is C28H32FN7O6. The fraction of sp³-hybridized carbons (Fsp3) is 0.357. The summed E-state index contributed by atoms with van der Waals surface area (Å²) in [7, 11) is 0. The lowest BCUT2D eigenvalue weighted by Gasteiger charge is -2.28. The van der Waals surface area contributed by atoms with Crippen LogP contribution in [0.25, 0.3) is 33.3 Å². The van der Waals surface area contributed by atoms with E-state index in [4.69, 9.17) is 10.5 Å². The topological polar surface area (TPSA) is 199 Å². The van der Waals surface area contributed by atoms with Crippen LogP contribution in [0.4, 0.5) is 20.6 Å². The lowest BCUT2D eigenvalue weighted by atomic mass is 10.1. The van der Waals surface area contributed by atoms with Crippen LogP contribution in [0.3, 0.4) is 0 Å². The van der Waals surface area contributed by atoms with Gasteiger partial charge >= 0.3 is 6.03 Å². The van der Waals surface area contributed by atoms with Crippen molar-refractivity contribution in [2.45, 2.75) is 31.5 Å². The monoisotopic (exact) mass is 581 g/mol. The van der Waals surface area contributed by atoms with Gasteiger partial charge in [-0.05, 0) is 43.2 Å². The minimum atomic E-state index is -0.991. The largest absolute Gasteiger partial charge is 0.397 e. The van der Waals surface area contributed by atoms with E-state index < -0.39 is 29.6 Å². The van der Waals surface area contributed by atoms with Gasteiger partial charge in [0.2, 0.25) is 5.91 Å². The number of nitrogen functional groups attached to an aromatic ring is 1. The fourth-order valence-electron chi connectivity index (χ4n) is 4.96. The normalized spacial score (nSPS) is 15.1. The number of nitrogens with one attached hydrogen (secondary N) is 4. The molecule has 0 bridgehead atoms. The van der Waals surface area contributed by atoms with Crippen LogP contribution in [0.5, 0.6) is 0 Å². The maximum absolute atomic E-state index is 14.4. The van der Waals surface area contributed by atoms with Gasteiger partial charge in [-0.3, -0.25) is 9.59 Å². The number of aliphatic hydroxyl groups excluding tert-OH is 2. The molecule has 8 N–H and O–H groups in total. The highest BCUT2D eigenvalue weighted by Crippen LogP contribution is 2.30. The van der Waals surface area contributed by atoms with Gasteiger partial charge in [0.15, 0.2) is 0 Å². The van der Waals surface area contributed by atoms with Crippen LogP contribution in [0.15, 0.2) is 41.2 Å². The maximum atomic E-state index is 14.4. The Kier molecular flexibility index (Phi) is 8.66. The van der Waals surface area contributed by atoms with Gasteiger partial charge in [-0.2, -0.15) is 0 Å². The highest BCUT2D eigenvalue weighted by molar-refractivity contribution is 5.98. The number of carbonyl (C=O) groups excluding carboxylic acids is 2. The number of H-pyrrole nitrogens is 2. The summed E-state index contributed by atoms with van der Waals surface area (Å²) in [6.45, 7) is 2.05. The maximum Gasteiger partial charge on any atom is 0.319 e. The number of anilines is 2. The molecule has 14 heteroatoms. The number of amides is 3. The molecule has 5 rings (SSSR count). The Morgan fingerprint density at radius 1 is 1.12 bits per heavy atom. The number of aliphatic hydroxyl groups is 2. The number of nitrogens with two attached hydrogens (primary N) is 1. The number of pyridine rings is 1. The summed E-state index contributed by atoms with van der Waals surface area (Å²) in [5.41, 5.74) is 7.33. The summed E-state index contributed by atoms with van der Waals surface area (Å²) < 4.78 is 19.6. The number of imidazole rings is 1. The van der Waals surface area contributed by atoms with Gasteiger partial charge < -0.3 is 46.2 Å². The molecule has 2 aromatic heterocycles. The predicted octanol–water partition coefficient (Wildman–Crippen LogP) is 1.67. The third kappa shape index (κ3) is 6.51. The molecule has 4 aromatic rings. The minimum absolute atomic E-state index is 0.00481. The number of halogens is 1. The van der Waals surface area contributed by atoms with Crippen LogP contribution >= 0.6 is 0 Å². The molecule has 0 spiro atoms. The number of benzene rings is 2. The molecule has 1 aliphatic heterocycles. The fourth-order valence-corrected chi connectivity index (χ4v) is 4.96. The zero-order valence-corrected chi connectivity index (χ0v) is 22.7. The Morgan fingerprint density at radius 3 is 2.69 bits per heavy atom. The number of hydrogen-bond donors (Lipinski definition) is 7. The van der Waals surface area contributed by atoms with E-state index in [0.29, 0.717) is 43.0 Å². The van der Waals surface area contributed by atoms with Crippen LogP contribution < -0.4 is 21.9 Å². The Bertz CT molecular complexity index is 1670. The van der Waals surface area contributed by atoms with E-state index in [1.807, 2.05) is 0 Å². The average Bonchev–Trinajstić information content (AvgIpc) is 3.36. The molecule has 3 heterocycles. The van der Waals surface area contributed by atoms with Crippen molar-refractivity contribution >= 4 is 45.2 Å². The second kappa shape index (κ2) is 12.5. The number of fused-ring (bicyclic) bond motifs is 2. The standard InChI is InChI=1S/C28H32FN7O6/c29-18-2-1-3-20-23(18)25(30)24(27(40)35-20)26-33-19-5-4-15(12-21(19)34-26)32-28(41)31-7-6-16(37)13-17(38)14-22(39)36-8-10-42-11-9-36/h1-5,12,16-17,37-38H,6-11,13-14H2,(H,33,34)(H3,30,35,40)(H2,31,32,41). The van der Waals surface area contributed by atoms with Crippen molar-refractivity contribution < 1.29 is 28.9 Å². The van der Waals surface area contributed by atoms with Crippen LogP contribution in [0.2, 0.25) is 0 Å². The molecule has 1 aliphatic rings. The summed E-state index contributed by atoms with van der Waals surface area (Å²) in [6.07, 6.45) is -1.79. The number of morpholine rings is 1. The number of aromatic nitrogens is 3. The average molecular weight is 582 g/mol. The van der Waals surface area contributed by atoms with Crippen molar-refractivity contribution in [3.05, 3.63) is 52.6 Å². The molecule has 3 amide bonds. The molecule has 2 atom stereocenters. The number of rotatable bonds is 9. The molecule has 2 unspecified atom stereocenters. The summed E-state index contributed by atoms with van der Waals surface area (Å²) in [6, 6.07) is 8.65. The van der Waals surface area contributed by atoms with E-state index in [1.54, 1.807) is 29.2 Å². The third-order valence-corrected chi connectivity index (χ3v) is 7.09. The molecule has 222 valence electrons. The molecule has 0 radical (unpaired) electrons. The highest BCUT2D eigenvalue weighted by atomic mass is 19.1. The van der Waals surface area contributed by atoms with Gasteiger partial charge in [-0.1, -0.05) is 6.07 Å². The van der Waals surface area contributed by atoms with Crippen molar-refractivity contribution in [2.75, 3.05) is 43.9 Å². The lowest BCUT2D eigenvalue weighted by Crippen LogP contribution is -2.42. The zero-order chi connectivity index (χ0) is 29.8. The van der Waals surface area contributed by atoms with Gasteiger partial charge in [0.1, 0.15) is 17.2 Å². The smallest absolute Gasteiger partial charge is 0.319 e. The van der Waals surface area contributed by atoms with Crippen LogP contribution in [-0.4, -0.2) is 87.1 Å². The van der Waals surface area contributed by atoms with E-state index in [9.17, 15) is 29.0 Å². The van der Waals surface area contributed by atoms with Crippen LogP contribution in [0.1, 0.15) is 19.3 Å². The quantitative estimate of drug-likeness (QED) is 0.155. The Morgan fingerprint density at radius 2 is 1.90 bits per heavy atom. The van der Waals surface area contributed by atoms with Crippen LogP contribution in [-0.2, 0) is 9.53 Å². The number of aromatic amines is 2. The molecule has 42 heavy (non-hydrogen) atoms. The van der Waals surface area contributed by atoms with Gasteiger partial charge in [0, 0.05) is 25.3 Å². The summed E-state index contributed by atoms with van der Waals surface area (Å²) in [4.78, 5) is 49.1.